The Hall–Kier alpha value is -3.92. The quantitative estimate of drug-likeness (QED) is 0.690. The van der Waals surface area contributed by atoms with E-state index in [9.17, 15) is 5.26 Å². The van der Waals surface area contributed by atoms with Crippen LogP contribution < -0.4 is 19.9 Å². The molecule has 0 spiro atoms. The Balaban J connectivity index is 1.84. The third kappa shape index (κ3) is 3.25. The largest absolute Gasteiger partial charge is 0.497 e. The van der Waals surface area contributed by atoms with Gasteiger partial charge in [-0.25, -0.2) is 0 Å². The molecule has 2 heterocycles. The topological polar surface area (TPSA) is 106 Å². The molecule has 4 rings (SSSR count). The zero-order chi connectivity index (χ0) is 20.4. The fourth-order valence-electron chi connectivity index (χ4n) is 3.48. The van der Waals surface area contributed by atoms with Crippen LogP contribution in [0.3, 0.4) is 0 Å². The number of hydrogen-bond donors (Lipinski definition) is 2. The highest BCUT2D eigenvalue weighted by atomic mass is 16.5. The molecule has 146 valence electrons. The van der Waals surface area contributed by atoms with E-state index in [4.69, 9.17) is 19.9 Å². The van der Waals surface area contributed by atoms with E-state index < -0.39 is 5.92 Å². The summed E-state index contributed by atoms with van der Waals surface area (Å²) < 4.78 is 16.4. The highest BCUT2D eigenvalue weighted by Crippen LogP contribution is 2.45. The zero-order valence-electron chi connectivity index (χ0n) is 16.1. The standard InChI is InChI=1S/C22H20N4O3/c1-3-28-16-10-6-14(7-11-16)20-19-18(13-4-8-15(27-2)9-5-13)17(12-23)21(24)29-22(19)26-25-20/h4-11,18H,3,24H2,1-2H3,(H,25,26)/t18-/m1/s1. The number of nitriles is 1. The van der Waals surface area contributed by atoms with Gasteiger partial charge in [0, 0.05) is 5.56 Å². The minimum Gasteiger partial charge on any atom is -0.497 e. The first-order valence-electron chi connectivity index (χ1n) is 9.19. The predicted octanol–water partition coefficient (Wildman–Crippen LogP) is 3.70. The number of methoxy groups -OCH3 is 1. The second kappa shape index (κ2) is 7.60. The lowest BCUT2D eigenvalue weighted by Gasteiger charge is -2.24. The Morgan fingerprint density at radius 1 is 1.14 bits per heavy atom. The average molecular weight is 388 g/mol. The molecule has 0 saturated carbocycles. The lowest BCUT2D eigenvalue weighted by molar-refractivity contribution is 0.340. The van der Waals surface area contributed by atoms with Crippen LogP contribution in [0, 0.1) is 11.3 Å². The number of ether oxygens (including phenoxy) is 3. The first kappa shape index (κ1) is 18.4. The molecule has 1 aliphatic rings. The Labute approximate surface area is 168 Å². The van der Waals surface area contributed by atoms with Gasteiger partial charge < -0.3 is 19.9 Å². The molecule has 0 fully saturated rings. The summed E-state index contributed by atoms with van der Waals surface area (Å²) in [5.74, 6) is 1.54. The third-order valence-corrected chi connectivity index (χ3v) is 4.84. The summed E-state index contributed by atoms with van der Waals surface area (Å²) in [6.07, 6.45) is 0. The Morgan fingerprint density at radius 3 is 2.45 bits per heavy atom. The van der Waals surface area contributed by atoms with Crippen LogP contribution in [-0.4, -0.2) is 23.9 Å². The monoisotopic (exact) mass is 388 g/mol. The van der Waals surface area contributed by atoms with Crippen LogP contribution in [0.1, 0.15) is 24.0 Å². The number of rotatable bonds is 5. The molecule has 0 amide bonds. The third-order valence-electron chi connectivity index (χ3n) is 4.84. The molecule has 7 heteroatoms. The lowest BCUT2D eigenvalue weighted by atomic mass is 9.83. The minimum atomic E-state index is -0.407. The number of nitrogens with zero attached hydrogens (tertiary/aromatic N) is 2. The summed E-state index contributed by atoms with van der Waals surface area (Å²) in [5.41, 5.74) is 9.71. The van der Waals surface area contributed by atoms with Crippen molar-refractivity contribution >= 4 is 0 Å². The van der Waals surface area contributed by atoms with Gasteiger partial charge in [-0.15, -0.1) is 5.10 Å². The molecule has 1 aromatic heterocycles. The van der Waals surface area contributed by atoms with Gasteiger partial charge in [-0.3, -0.25) is 5.10 Å². The van der Waals surface area contributed by atoms with E-state index >= 15 is 0 Å². The van der Waals surface area contributed by atoms with Gasteiger partial charge in [0.2, 0.25) is 11.8 Å². The number of hydrogen-bond acceptors (Lipinski definition) is 6. The SMILES string of the molecule is CCOc1ccc(-c2[nH]nc3c2[C@H](c2ccc(OC)cc2)C(C#N)=C(N)O3)cc1. The second-order valence-electron chi connectivity index (χ2n) is 6.47. The van der Waals surface area contributed by atoms with E-state index in [1.165, 1.54) is 0 Å². The highest BCUT2D eigenvalue weighted by Gasteiger charge is 2.35. The number of aromatic nitrogens is 2. The molecule has 1 atom stereocenters. The van der Waals surface area contributed by atoms with E-state index in [2.05, 4.69) is 16.3 Å². The maximum absolute atomic E-state index is 9.77. The summed E-state index contributed by atoms with van der Waals surface area (Å²) in [6.45, 7) is 2.54. The Bertz CT molecular complexity index is 1090. The summed E-state index contributed by atoms with van der Waals surface area (Å²) in [4.78, 5) is 0. The zero-order valence-corrected chi connectivity index (χ0v) is 16.1. The van der Waals surface area contributed by atoms with Gasteiger partial charge in [0.05, 0.1) is 30.9 Å². The number of fused-ring (bicyclic) bond motifs is 1. The van der Waals surface area contributed by atoms with Crippen molar-refractivity contribution in [1.29, 1.82) is 5.26 Å². The van der Waals surface area contributed by atoms with E-state index in [0.29, 0.717) is 18.1 Å². The molecule has 0 unspecified atom stereocenters. The van der Waals surface area contributed by atoms with Crippen molar-refractivity contribution in [1.82, 2.24) is 10.2 Å². The van der Waals surface area contributed by atoms with Crippen LogP contribution in [0.15, 0.2) is 60.0 Å². The van der Waals surface area contributed by atoms with Crippen LogP contribution in [-0.2, 0) is 0 Å². The van der Waals surface area contributed by atoms with Gasteiger partial charge in [-0.1, -0.05) is 12.1 Å². The van der Waals surface area contributed by atoms with Gasteiger partial charge in [0.15, 0.2) is 0 Å². The van der Waals surface area contributed by atoms with Gasteiger partial charge in [-0.05, 0) is 48.9 Å². The Morgan fingerprint density at radius 2 is 1.83 bits per heavy atom. The molecule has 1 aliphatic heterocycles. The van der Waals surface area contributed by atoms with E-state index in [0.717, 1.165) is 33.9 Å². The summed E-state index contributed by atoms with van der Waals surface area (Å²) in [6, 6.07) is 17.4. The number of H-pyrrole nitrogens is 1. The van der Waals surface area contributed by atoms with Crippen molar-refractivity contribution in [2.24, 2.45) is 5.73 Å². The predicted molar refractivity (Wildman–Crippen MR) is 107 cm³/mol. The van der Waals surface area contributed by atoms with Crippen molar-refractivity contribution in [2.45, 2.75) is 12.8 Å². The maximum atomic E-state index is 9.77. The van der Waals surface area contributed by atoms with E-state index in [1.54, 1.807) is 7.11 Å². The molecular formula is C22H20N4O3. The van der Waals surface area contributed by atoms with Crippen LogP contribution >= 0.6 is 0 Å². The molecule has 0 saturated heterocycles. The lowest BCUT2D eigenvalue weighted by Crippen LogP contribution is -2.20. The summed E-state index contributed by atoms with van der Waals surface area (Å²) in [5, 5.41) is 17.1. The number of allylic oxidation sites excluding steroid dienone is 1. The fourth-order valence-corrected chi connectivity index (χ4v) is 3.48. The van der Waals surface area contributed by atoms with Crippen LogP contribution in [0.4, 0.5) is 0 Å². The Kier molecular flexibility index (Phi) is 4.83. The van der Waals surface area contributed by atoms with Gasteiger partial charge in [0.1, 0.15) is 23.1 Å². The van der Waals surface area contributed by atoms with Crippen molar-refractivity contribution in [3.63, 3.8) is 0 Å². The number of nitrogens with one attached hydrogen (secondary N) is 1. The molecular weight excluding hydrogens is 368 g/mol. The molecule has 3 aromatic rings. The highest BCUT2D eigenvalue weighted by molar-refractivity contribution is 5.71. The molecule has 7 nitrogen and oxygen atoms in total. The number of aromatic amines is 1. The smallest absolute Gasteiger partial charge is 0.244 e. The van der Waals surface area contributed by atoms with Crippen LogP contribution in [0.25, 0.3) is 11.3 Å². The van der Waals surface area contributed by atoms with Crippen molar-refractivity contribution < 1.29 is 14.2 Å². The van der Waals surface area contributed by atoms with Gasteiger partial charge >= 0.3 is 0 Å². The van der Waals surface area contributed by atoms with Crippen molar-refractivity contribution in [3.05, 3.63) is 71.1 Å². The molecule has 2 aromatic carbocycles. The number of benzene rings is 2. The van der Waals surface area contributed by atoms with Crippen LogP contribution in [0.5, 0.6) is 17.4 Å². The van der Waals surface area contributed by atoms with Gasteiger partial charge in [0.25, 0.3) is 0 Å². The van der Waals surface area contributed by atoms with Gasteiger partial charge in [-0.2, -0.15) is 5.26 Å². The van der Waals surface area contributed by atoms with Crippen LogP contribution in [0.2, 0.25) is 0 Å². The fraction of sp³-hybridized carbons (Fsp3) is 0.182. The molecule has 0 aliphatic carbocycles. The average Bonchev–Trinajstić information content (AvgIpc) is 3.17. The molecule has 3 N–H and O–H groups in total. The van der Waals surface area contributed by atoms with E-state index in [-0.39, 0.29) is 5.88 Å². The normalized spacial score (nSPS) is 15.3. The van der Waals surface area contributed by atoms with E-state index in [1.807, 2.05) is 55.5 Å². The summed E-state index contributed by atoms with van der Waals surface area (Å²) >= 11 is 0. The molecule has 0 radical (unpaired) electrons. The first-order valence-corrected chi connectivity index (χ1v) is 9.19. The summed E-state index contributed by atoms with van der Waals surface area (Å²) in [7, 11) is 1.61. The second-order valence-corrected chi connectivity index (χ2v) is 6.47. The van der Waals surface area contributed by atoms with Crippen molar-refractivity contribution in [2.75, 3.05) is 13.7 Å². The molecule has 0 bridgehead atoms. The number of nitrogens with two attached hydrogens (primary N) is 1. The molecule has 29 heavy (non-hydrogen) atoms. The first-order chi connectivity index (χ1) is 14.2. The van der Waals surface area contributed by atoms with Crippen molar-refractivity contribution in [3.8, 4) is 34.7 Å². The maximum Gasteiger partial charge on any atom is 0.244 e. The minimum absolute atomic E-state index is 0.0607.